The fourth-order valence-electron chi connectivity index (χ4n) is 2.96. The van der Waals surface area contributed by atoms with Gasteiger partial charge in [0.2, 0.25) is 5.91 Å². The van der Waals surface area contributed by atoms with Gasteiger partial charge in [0.1, 0.15) is 17.1 Å². The Morgan fingerprint density at radius 2 is 2.30 bits per heavy atom. The number of hydrazine groups is 1. The number of thioether (sulfide) groups is 1. The third-order valence-electron chi connectivity index (χ3n) is 4.09. The number of β-lactam (4-membered cyclic amide) rings is 1. The number of aliphatic carboxylic acids is 1. The molecule has 0 radical (unpaired) electrons. The van der Waals surface area contributed by atoms with Gasteiger partial charge in [-0.3, -0.25) is 19.5 Å². The number of amides is 1. The fraction of sp³-hybridized carbons (Fsp3) is 0.538. The van der Waals surface area contributed by atoms with Crippen LogP contribution in [0.15, 0.2) is 23.5 Å². The van der Waals surface area contributed by atoms with Crippen molar-refractivity contribution in [1.82, 2.24) is 15.1 Å². The van der Waals surface area contributed by atoms with Gasteiger partial charge < -0.3 is 16.6 Å². The molecule has 0 bridgehead atoms. The van der Waals surface area contributed by atoms with Crippen LogP contribution >= 0.6 is 11.8 Å². The standard InChI is InChI=1S/C13H19N5O4S/c1-3-22-18-13(15,4-5-16(18)2)7-6-23-11-8(14)10(19)17(11)9(7)12(20)21/h4-5,8,11H,3,6,14-15H2,1-2H3,(H,20,21)/t8-,11?,13?/m1/s1. The van der Waals surface area contributed by atoms with Crippen LogP contribution in [-0.4, -0.2) is 68.6 Å². The summed E-state index contributed by atoms with van der Waals surface area (Å²) < 4.78 is 0. The summed E-state index contributed by atoms with van der Waals surface area (Å²) in [6, 6.07) is -0.672. The summed E-state index contributed by atoms with van der Waals surface area (Å²) in [6.07, 6.45) is 3.36. The Labute approximate surface area is 137 Å². The first-order valence-corrected chi connectivity index (χ1v) is 8.19. The van der Waals surface area contributed by atoms with Crippen molar-refractivity contribution in [2.75, 3.05) is 19.4 Å². The molecule has 3 atom stereocenters. The van der Waals surface area contributed by atoms with E-state index in [-0.39, 0.29) is 11.1 Å². The number of nitrogens with zero attached hydrogens (tertiary/aromatic N) is 3. The second-order valence-electron chi connectivity index (χ2n) is 5.47. The summed E-state index contributed by atoms with van der Waals surface area (Å²) in [5.41, 5.74) is 11.2. The molecule has 23 heavy (non-hydrogen) atoms. The monoisotopic (exact) mass is 341 g/mol. The van der Waals surface area contributed by atoms with Crippen LogP contribution in [0.1, 0.15) is 6.92 Å². The maximum atomic E-state index is 12.0. The van der Waals surface area contributed by atoms with E-state index in [4.69, 9.17) is 16.3 Å². The quantitative estimate of drug-likeness (QED) is 0.543. The van der Waals surface area contributed by atoms with Gasteiger partial charge in [0, 0.05) is 24.6 Å². The molecule has 3 heterocycles. The Hall–Kier alpha value is -1.59. The van der Waals surface area contributed by atoms with Crippen molar-refractivity contribution in [3.63, 3.8) is 0 Å². The minimum absolute atomic E-state index is 0.104. The molecule has 0 aromatic rings. The molecule has 0 aliphatic carbocycles. The molecule has 0 saturated carbocycles. The van der Waals surface area contributed by atoms with Gasteiger partial charge in [-0.25, -0.2) is 4.79 Å². The van der Waals surface area contributed by atoms with E-state index in [0.29, 0.717) is 17.9 Å². The number of carbonyl (C=O) groups is 2. The van der Waals surface area contributed by atoms with Gasteiger partial charge in [-0.1, -0.05) is 5.17 Å². The molecule has 3 rings (SSSR count). The molecule has 0 aromatic heterocycles. The number of carbonyl (C=O) groups excluding carboxylic acids is 1. The van der Waals surface area contributed by atoms with E-state index in [0.717, 1.165) is 0 Å². The van der Waals surface area contributed by atoms with Gasteiger partial charge in [-0.05, 0) is 13.0 Å². The maximum absolute atomic E-state index is 12.0. The van der Waals surface area contributed by atoms with Crippen molar-refractivity contribution in [2.24, 2.45) is 11.5 Å². The minimum atomic E-state index is -1.27. The predicted molar refractivity (Wildman–Crippen MR) is 83.0 cm³/mol. The van der Waals surface area contributed by atoms with Crippen molar-refractivity contribution >= 4 is 23.6 Å². The molecular weight excluding hydrogens is 322 g/mol. The van der Waals surface area contributed by atoms with Crippen LogP contribution in [0.4, 0.5) is 0 Å². The number of nitrogens with two attached hydrogens (primary N) is 2. The van der Waals surface area contributed by atoms with Gasteiger partial charge in [0.25, 0.3) is 0 Å². The van der Waals surface area contributed by atoms with Gasteiger partial charge >= 0.3 is 5.97 Å². The molecule has 1 fully saturated rings. The van der Waals surface area contributed by atoms with Crippen LogP contribution in [0.2, 0.25) is 0 Å². The topological polar surface area (TPSA) is 125 Å². The first-order chi connectivity index (χ1) is 10.8. The van der Waals surface area contributed by atoms with Crippen molar-refractivity contribution in [3.8, 4) is 0 Å². The summed E-state index contributed by atoms with van der Waals surface area (Å²) in [4.78, 5) is 30.6. The average molecular weight is 341 g/mol. The zero-order valence-electron chi connectivity index (χ0n) is 12.8. The lowest BCUT2D eigenvalue weighted by Gasteiger charge is -2.50. The number of hydroxylamine groups is 1. The molecular formula is C13H19N5O4S. The van der Waals surface area contributed by atoms with Crippen LogP contribution in [0, 0.1) is 0 Å². The third-order valence-corrected chi connectivity index (χ3v) is 5.40. The van der Waals surface area contributed by atoms with Crippen LogP contribution in [0.5, 0.6) is 0 Å². The summed E-state index contributed by atoms with van der Waals surface area (Å²) in [5, 5.41) is 12.3. The van der Waals surface area contributed by atoms with Crippen molar-refractivity contribution in [3.05, 3.63) is 23.5 Å². The molecule has 10 heteroatoms. The average Bonchev–Trinajstić information content (AvgIpc) is 2.82. The first-order valence-electron chi connectivity index (χ1n) is 7.14. The highest BCUT2D eigenvalue weighted by atomic mass is 32.2. The highest BCUT2D eigenvalue weighted by Gasteiger charge is 2.55. The lowest BCUT2D eigenvalue weighted by atomic mass is 9.96. The number of hydrogen-bond acceptors (Lipinski definition) is 8. The van der Waals surface area contributed by atoms with E-state index in [1.165, 1.54) is 21.8 Å². The van der Waals surface area contributed by atoms with E-state index in [1.807, 2.05) is 6.92 Å². The second kappa shape index (κ2) is 5.49. The summed E-state index contributed by atoms with van der Waals surface area (Å²) >= 11 is 1.41. The summed E-state index contributed by atoms with van der Waals surface area (Å²) in [6.45, 7) is 2.17. The molecule has 3 aliphatic rings. The van der Waals surface area contributed by atoms with E-state index in [1.54, 1.807) is 24.3 Å². The van der Waals surface area contributed by atoms with Crippen LogP contribution < -0.4 is 11.5 Å². The number of carboxylic acid groups (broad SMARTS) is 1. The fourth-order valence-corrected chi connectivity index (χ4v) is 4.35. The molecule has 1 amide bonds. The smallest absolute Gasteiger partial charge is 0.352 e. The highest BCUT2D eigenvalue weighted by Crippen LogP contribution is 2.44. The van der Waals surface area contributed by atoms with Crippen LogP contribution in [-0.2, 0) is 14.4 Å². The van der Waals surface area contributed by atoms with Gasteiger partial charge in [0.15, 0.2) is 5.66 Å². The third kappa shape index (κ3) is 2.17. The molecule has 126 valence electrons. The van der Waals surface area contributed by atoms with Crippen molar-refractivity contribution < 1.29 is 19.5 Å². The van der Waals surface area contributed by atoms with Gasteiger partial charge in [-0.15, -0.1) is 11.8 Å². The van der Waals surface area contributed by atoms with Crippen LogP contribution in [0.3, 0.4) is 0 Å². The van der Waals surface area contributed by atoms with E-state index in [9.17, 15) is 14.7 Å². The number of carboxylic acids is 1. The van der Waals surface area contributed by atoms with Crippen molar-refractivity contribution in [2.45, 2.75) is 24.0 Å². The lowest BCUT2D eigenvalue weighted by molar-refractivity contribution is -0.282. The SMILES string of the molecule is CCON1N(C)C=CC1(N)C1=C(C(=O)O)N2C(=O)[C@@H](N)C2SC1. The zero-order valence-corrected chi connectivity index (χ0v) is 13.6. The van der Waals surface area contributed by atoms with Gasteiger partial charge in [-0.2, -0.15) is 0 Å². The van der Waals surface area contributed by atoms with E-state index >= 15 is 0 Å². The molecule has 0 spiro atoms. The maximum Gasteiger partial charge on any atom is 0.352 e. The summed E-state index contributed by atoms with van der Waals surface area (Å²) in [7, 11) is 1.74. The molecule has 3 aliphatic heterocycles. The normalized spacial score (nSPS) is 34.0. The zero-order chi connectivity index (χ0) is 16.9. The number of hydrogen-bond donors (Lipinski definition) is 3. The Bertz CT molecular complexity index is 623. The number of fused-ring (bicyclic) bond motifs is 1. The largest absolute Gasteiger partial charge is 0.477 e. The van der Waals surface area contributed by atoms with Crippen LogP contribution in [0.25, 0.3) is 0 Å². The molecule has 5 N–H and O–H groups in total. The van der Waals surface area contributed by atoms with E-state index in [2.05, 4.69) is 0 Å². The Morgan fingerprint density at radius 3 is 2.91 bits per heavy atom. The molecule has 9 nitrogen and oxygen atoms in total. The molecule has 2 unspecified atom stereocenters. The second-order valence-corrected chi connectivity index (χ2v) is 6.58. The Balaban J connectivity index is 2.07. The molecule has 0 aromatic carbocycles. The predicted octanol–water partition coefficient (Wildman–Crippen LogP) is -1.15. The Morgan fingerprint density at radius 1 is 1.61 bits per heavy atom. The number of rotatable bonds is 4. The summed E-state index contributed by atoms with van der Waals surface area (Å²) in [5.74, 6) is -1.25. The van der Waals surface area contributed by atoms with Gasteiger partial charge in [0.05, 0.1) is 6.61 Å². The molecule has 1 saturated heterocycles. The Kier molecular flexibility index (Phi) is 3.89. The van der Waals surface area contributed by atoms with Crippen molar-refractivity contribution in [1.29, 1.82) is 0 Å². The lowest BCUT2D eigenvalue weighted by Crippen LogP contribution is -2.70. The van der Waals surface area contributed by atoms with E-state index < -0.39 is 23.6 Å². The highest BCUT2D eigenvalue weighted by molar-refractivity contribution is 8.00. The minimum Gasteiger partial charge on any atom is -0.477 e. The first kappa shape index (κ1) is 16.3.